The highest BCUT2D eigenvalue weighted by atomic mass is 33.1. The number of hydrogen-bond donors (Lipinski definition) is 0. The van der Waals surface area contributed by atoms with Crippen molar-refractivity contribution in [1.29, 1.82) is 0 Å². The normalized spacial score (nSPS) is 22.2. The van der Waals surface area contributed by atoms with Gasteiger partial charge in [-0.25, -0.2) is 0 Å². The van der Waals surface area contributed by atoms with Crippen LogP contribution < -0.4 is 0 Å². The van der Waals surface area contributed by atoms with Gasteiger partial charge in [-0.15, -0.1) is 0 Å². The molecule has 2 saturated heterocycles. The van der Waals surface area contributed by atoms with Crippen LogP contribution in [0, 0.1) is 0 Å². The number of unbranched alkanes of at least 4 members (excludes halogenated alkanes) is 3. The van der Waals surface area contributed by atoms with Gasteiger partial charge in [-0.2, -0.15) is 0 Å². The van der Waals surface area contributed by atoms with Crippen LogP contribution in [0.5, 0.6) is 0 Å². The Morgan fingerprint density at radius 3 is 2.00 bits per heavy atom. The van der Waals surface area contributed by atoms with E-state index in [1.165, 1.54) is 37.2 Å². The average molecular weight is 495 g/mol. The Morgan fingerprint density at radius 2 is 1.47 bits per heavy atom. The van der Waals surface area contributed by atoms with Crippen molar-refractivity contribution in [2.75, 3.05) is 18.1 Å². The molecule has 0 amide bonds. The molecule has 2 aliphatic heterocycles. The van der Waals surface area contributed by atoms with Crippen LogP contribution in [-0.4, -0.2) is 46.7 Å². The van der Waals surface area contributed by atoms with Crippen molar-refractivity contribution in [2.24, 2.45) is 0 Å². The zero-order valence-electron chi connectivity index (χ0n) is 18.3. The second-order valence-corrected chi connectivity index (χ2v) is 13.7. The number of ether oxygens (including phenoxy) is 2. The third-order valence-electron chi connectivity index (χ3n) is 5.38. The number of carbonyl (C=O) groups excluding carboxylic acids is 2. The smallest absolute Gasteiger partial charge is 0.306 e. The van der Waals surface area contributed by atoms with Crippen LogP contribution in [0.2, 0.25) is 0 Å². The first-order valence-corrected chi connectivity index (χ1v) is 16.4. The van der Waals surface area contributed by atoms with E-state index in [0.717, 1.165) is 55.4 Å². The van der Waals surface area contributed by atoms with E-state index in [-0.39, 0.29) is 24.6 Å². The molecule has 8 heteroatoms. The van der Waals surface area contributed by atoms with Gasteiger partial charge in [0.2, 0.25) is 0 Å². The van der Waals surface area contributed by atoms with E-state index in [1.54, 1.807) is 0 Å². The fourth-order valence-electron chi connectivity index (χ4n) is 3.52. The SMILES string of the molecule is CCCCC(COC(=O)CCCCC1CCSS1)OC(=O)CCCCC1CCSS1. The van der Waals surface area contributed by atoms with E-state index in [0.29, 0.717) is 12.8 Å². The molecule has 0 spiro atoms. The highest BCUT2D eigenvalue weighted by Crippen LogP contribution is 2.40. The average Bonchev–Trinajstić information content (AvgIpc) is 3.45. The van der Waals surface area contributed by atoms with Gasteiger partial charge in [0.05, 0.1) is 0 Å². The lowest BCUT2D eigenvalue weighted by atomic mass is 10.1. The van der Waals surface area contributed by atoms with Gasteiger partial charge in [-0.05, 0) is 51.4 Å². The minimum atomic E-state index is -0.296. The van der Waals surface area contributed by atoms with Crippen LogP contribution in [0.4, 0.5) is 0 Å². The summed E-state index contributed by atoms with van der Waals surface area (Å²) < 4.78 is 11.1. The molecule has 3 atom stereocenters. The molecule has 4 nitrogen and oxygen atoms in total. The van der Waals surface area contributed by atoms with Crippen molar-refractivity contribution in [3.05, 3.63) is 0 Å². The molecule has 0 saturated carbocycles. The van der Waals surface area contributed by atoms with Gasteiger partial charge in [-0.1, -0.05) is 69.4 Å². The molecular formula is C22H38O4S4. The van der Waals surface area contributed by atoms with Crippen LogP contribution >= 0.6 is 43.2 Å². The Morgan fingerprint density at radius 1 is 0.867 bits per heavy atom. The molecule has 2 fully saturated rings. The van der Waals surface area contributed by atoms with E-state index >= 15 is 0 Å². The standard InChI is InChI=1S/C22H38O4S4/c1-2-3-8-18(26-22(24)12-7-5-10-20-14-16-28-30-20)17-25-21(23)11-6-4-9-19-13-15-27-29-19/h18-20H,2-17H2,1H3. The number of carbonyl (C=O) groups is 2. The van der Waals surface area contributed by atoms with Gasteiger partial charge >= 0.3 is 11.9 Å². The lowest BCUT2D eigenvalue weighted by molar-refractivity contribution is -0.159. The first-order chi connectivity index (χ1) is 14.7. The molecule has 30 heavy (non-hydrogen) atoms. The summed E-state index contributed by atoms with van der Waals surface area (Å²) in [7, 11) is 7.91. The molecule has 0 aromatic heterocycles. The molecule has 174 valence electrons. The summed E-state index contributed by atoms with van der Waals surface area (Å²) >= 11 is 0. The van der Waals surface area contributed by atoms with Crippen molar-refractivity contribution < 1.29 is 19.1 Å². The fraction of sp³-hybridized carbons (Fsp3) is 0.909. The number of esters is 2. The second kappa shape index (κ2) is 16.9. The topological polar surface area (TPSA) is 52.6 Å². The summed E-state index contributed by atoms with van der Waals surface area (Å²) in [6.07, 6.45) is 12.3. The van der Waals surface area contributed by atoms with Crippen LogP contribution in [0.3, 0.4) is 0 Å². The van der Waals surface area contributed by atoms with Crippen LogP contribution in [0.15, 0.2) is 0 Å². The van der Waals surface area contributed by atoms with Crippen LogP contribution in [-0.2, 0) is 19.1 Å². The Kier molecular flexibility index (Phi) is 15.0. The molecule has 0 aromatic carbocycles. The first kappa shape index (κ1) is 26.6. The monoisotopic (exact) mass is 494 g/mol. The molecule has 0 aromatic rings. The fourth-order valence-corrected chi connectivity index (χ4v) is 9.58. The highest BCUT2D eigenvalue weighted by molar-refractivity contribution is 8.77. The first-order valence-electron chi connectivity index (χ1n) is 11.6. The zero-order chi connectivity index (χ0) is 21.4. The maximum absolute atomic E-state index is 12.2. The Hall–Kier alpha value is 0.340. The van der Waals surface area contributed by atoms with Crippen molar-refractivity contribution in [3.8, 4) is 0 Å². The predicted octanol–water partition coefficient (Wildman–Crippen LogP) is 7.06. The minimum absolute atomic E-state index is 0.146. The Bertz CT molecular complexity index is 480. The molecule has 0 radical (unpaired) electrons. The molecule has 2 heterocycles. The zero-order valence-corrected chi connectivity index (χ0v) is 21.6. The van der Waals surface area contributed by atoms with Gasteiger partial charge in [0.25, 0.3) is 0 Å². The van der Waals surface area contributed by atoms with Gasteiger partial charge in [0.1, 0.15) is 12.7 Å². The molecule has 2 rings (SSSR count). The Labute approximate surface area is 198 Å². The Balaban J connectivity index is 1.54. The van der Waals surface area contributed by atoms with E-state index < -0.39 is 0 Å². The molecule has 0 bridgehead atoms. The largest absolute Gasteiger partial charge is 0.462 e. The summed E-state index contributed by atoms with van der Waals surface area (Å²) in [6.45, 7) is 2.32. The molecular weight excluding hydrogens is 457 g/mol. The molecule has 0 aliphatic carbocycles. The van der Waals surface area contributed by atoms with Gasteiger partial charge in [0, 0.05) is 34.8 Å². The summed E-state index contributed by atoms with van der Waals surface area (Å²) in [5.41, 5.74) is 0. The summed E-state index contributed by atoms with van der Waals surface area (Å²) in [4.78, 5) is 24.3. The summed E-state index contributed by atoms with van der Waals surface area (Å²) in [5.74, 6) is 2.21. The van der Waals surface area contributed by atoms with E-state index in [1.807, 2.05) is 43.2 Å². The predicted molar refractivity (Wildman–Crippen MR) is 134 cm³/mol. The molecule has 0 N–H and O–H groups in total. The third kappa shape index (κ3) is 12.4. The quantitative estimate of drug-likeness (QED) is 0.128. The molecule has 3 unspecified atom stereocenters. The minimum Gasteiger partial charge on any atom is -0.462 e. The van der Waals surface area contributed by atoms with Crippen LogP contribution in [0.1, 0.15) is 90.4 Å². The van der Waals surface area contributed by atoms with E-state index in [9.17, 15) is 9.59 Å². The summed E-state index contributed by atoms with van der Waals surface area (Å²) in [6, 6.07) is 0. The lowest BCUT2D eigenvalue weighted by Gasteiger charge is -2.18. The maximum Gasteiger partial charge on any atom is 0.306 e. The van der Waals surface area contributed by atoms with E-state index in [4.69, 9.17) is 9.47 Å². The van der Waals surface area contributed by atoms with Gasteiger partial charge < -0.3 is 9.47 Å². The van der Waals surface area contributed by atoms with Crippen molar-refractivity contribution in [2.45, 2.75) is 107 Å². The number of hydrogen-bond acceptors (Lipinski definition) is 8. The lowest BCUT2D eigenvalue weighted by Crippen LogP contribution is -2.25. The van der Waals surface area contributed by atoms with Crippen molar-refractivity contribution >= 4 is 55.1 Å². The van der Waals surface area contributed by atoms with Gasteiger partial charge in [0.15, 0.2) is 0 Å². The maximum atomic E-state index is 12.2. The molecule has 2 aliphatic rings. The van der Waals surface area contributed by atoms with Gasteiger partial charge in [-0.3, -0.25) is 9.59 Å². The van der Waals surface area contributed by atoms with Crippen molar-refractivity contribution in [1.82, 2.24) is 0 Å². The second-order valence-electron chi connectivity index (χ2n) is 8.09. The van der Waals surface area contributed by atoms with E-state index in [2.05, 4.69) is 6.92 Å². The van der Waals surface area contributed by atoms with Crippen LogP contribution in [0.25, 0.3) is 0 Å². The summed E-state index contributed by atoms with van der Waals surface area (Å²) in [5, 5.41) is 1.53. The third-order valence-corrected chi connectivity index (χ3v) is 11.4. The highest BCUT2D eigenvalue weighted by Gasteiger charge is 2.19. The number of rotatable bonds is 16. The van der Waals surface area contributed by atoms with Crippen molar-refractivity contribution in [3.63, 3.8) is 0 Å².